The van der Waals surface area contributed by atoms with Crippen LogP contribution in [0.15, 0.2) is 27.4 Å². The number of fused-ring (bicyclic) bond motifs is 1. The van der Waals surface area contributed by atoms with Gasteiger partial charge in [0, 0.05) is 6.04 Å². The smallest absolute Gasteiger partial charge is 0.408 e. The van der Waals surface area contributed by atoms with Crippen LogP contribution < -0.4 is 11.1 Å². The minimum absolute atomic E-state index is 0.366. The van der Waals surface area contributed by atoms with Gasteiger partial charge in [-0.2, -0.15) is 0 Å². The Labute approximate surface area is 118 Å². The highest BCUT2D eigenvalue weighted by molar-refractivity contribution is 5.72. The number of nitrogens with one attached hydrogen (secondary N) is 2. The van der Waals surface area contributed by atoms with Crippen LogP contribution in [0, 0.1) is 5.92 Å². The molecule has 1 atom stereocenters. The molecule has 1 saturated carbocycles. The zero-order valence-corrected chi connectivity index (χ0v) is 11.9. The van der Waals surface area contributed by atoms with Crippen LogP contribution in [0.3, 0.4) is 0 Å². The van der Waals surface area contributed by atoms with Gasteiger partial charge in [0.05, 0.1) is 5.52 Å². The Morgan fingerprint density at radius 3 is 3.00 bits per heavy atom. The molecule has 1 aliphatic rings. The van der Waals surface area contributed by atoms with Gasteiger partial charge in [-0.1, -0.05) is 32.3 Å². The molecule has 2 aromatic rings. The summed E-state index contributed by atoms with van der Waals surface area (Å²) in [5.41, 5.74) is 2.65. The quantitative estimate of drug-likeness (QED) is 0.849. The summed E-state index contributed by atoms with van der Waals surface area (Å²) in [4.78, 5) is 13.9. The van der Waals surface area contributed by atoms with E-state index in [2.05, 4.69) is 23.3 Å². The molecule has 0 saturated heterocycles. The summed E-state index contributed by atoms with van der Waals surface area (Å²) < 4.78 is 5.17. The summed E-state index contributed by atoms with van der Waals surface area (Å²) in [5, 5.41) is 3.63. The molecule has 4 heteroatoms. The second-order valence-corrected chi connectivity index (χ2v) is 5.81. The molecule has 3 rings (SSSR count). The number of rotatable bonds is 6. The molecule has 0 spiro atoms. The van der Waals surface area contributed by atoms with E-state index in [1.165, 1.54) is 31.2 Å². The first-order valence-electron chi connectivity index (χ1n) is 7.62. The zero-order valence-electron chi connectivity index (χ0n) is 11.9. The molecule has 1 fully saturated rings. The van der Waals surface area contributed by atoms with Crippen LogP contribution >= 0.6 is 0 Å². The van der Waals surface area contributed by atoms with Crippen molar-refractivity contribution in [3.63, 3.8) is 0 Å². The lowest BCUT2D eigenvalue weighted by molar-refractivity contribution is 0.261. The molecule has 4 nitrogen and oxygen atoms in total. The van der Waals surface area contributed by atoms with Crippen molar-refractivity contribution in [1.82, 2.24) is 10.3 Å². The van der Waals surface area contributed by atoms with Crippen LogP contribution in [0.2, 0.25) is 0 Å². The molecule has 0 amide bonds. The van der Waals surface area contributed by atoms with Gasteiger partial charge in [0.2, 0.25) is 0 Å². The molecule has 1 aliphatic carbocycles. The second kappa shape index (κ2) is 5.83. The fourth-order valence-corrected chi connectivity index (χ4v) is 2.90. The first kappa shape index (κ1) is 13.4. The molecule has 2 N–H and O–H groups in total. The third-order valence-corrected chi connectivity index (χ3v) is 4.28. The van der Waals surface area contributed by atoms with Crippen LogP contribution in [0.5, 0.6) is 0 Å². The number of hydrogen-bond acceptors (Lipinski definition) is 3. The lowest BCUT2D eigenvalue weighted by atomic mass is 9.79. The van der Waals surface area contributed by atoms with E-state index in [1.807, 2.05) is 12.1 Å². The van der Waals surface area contributed by atoms with Gasteiger partial charge in [0.25, 0.3) is 0 Å². The summed E-state index contributed by atoms with van der Waals surface area (Å²) in [6, 6.07) is 6.40. The third-order valence-electron chi connectivity index (χ3n) is 4.28. The monoisotopic (exact) mass is 274 g/mol. The van der Waals surface area contributed by atoms with Crippen LogP contribution in [-0.4, -0.2) is 11.5 Å². The minimum atomic E-state index is -0.380. The van der Waals surface area contributed by atoms with Gasteiger partial charge in [0.1, 0.15) is 0 Å². The second-order valence-electron chi connectivity index (χ2n) is 5.81. The lowest BCUT2D eigenvalue weighted by Crippen LogP contribution is -2.26. The van der Waals surface area contributed by atoms with Crippen molar-refractivity contribution in [3.8, 4) is 0 Å². The summed E-state index contributed by atoms with van der Waals surface area (Å²) in [6.45, 7) is 3.20. The Morgan fingerprint density at radius 1 is 1.45 bits per heavy atom. The molecule has 0 aliphatic heterocycles. The Balaban J connectivity index is 1.83. The number of H-pyrrole nitrogens is 1. The van der Waals surface area contributed by atoms with E-state index in [4.69, 9.17) is 4.42 Å². The maximum Gasteiger partial charge on any atom is 0.417 e. The van der Waals surface area contributed by atoms with Gasteiger partial charge in [0.15, 0.2) is 5.58 Å². The van der Waals surface area contributed by atoms with Gasteiger partial charge in [-0.05, 0) is 43.0 Å². The Kier molecular flexibility index (Phi) is 3.92. The first-order valence-corrected chi connectivity index (χ1v) is 7.62. The Bertz CT molecular complexity index is 625. The average molecular weight is 274 g/mol. The summed E-state index contributed by atoms with van der Waals surface area (Å²) in [6.07, 6.45) is 6.39. The number of oxazole rings is 1. The third kappa shape index (κ3) is 2.80. The molecule has 1 unspecified atom stereocenters. The first-order chi connectivity index (χ1) is 9.76. The summed E-state index contributed by atoms with van der Waals surface area (Å²) >= 11 is 0. The lowest BCUT2D eigenvalue weighted by Gasteiger charge is -2.30. The molecular formula is C16H22N2O2. The zero-order chi connectivity index (χ0) is 13.9. The number of aromatic nitrogens is 1. The van der Waals surface area contributed by atoms with Crippen molar-refractivity contribution in [2.45, 2.75) is 45.1 Å². The van der Waals surface area contributed by atoms with Crippen molar-refractivity contribution >= 4 is 11.1 Å². The van der Waals surface area contributed by atoms with E-state index < -0.39 is 0 Å². The largest absolute Gasteiger partial charge is 0.417 e. The van der Waals surface area contributed by atoms with Crippen LogP contribution in [0.1, 0.15) is 50.6 Å². The summed E-state index contributed by atoms with van der Waals surface area (Å²) in [5.74, 6) is 0.465. The van der Waals surface area contributed by atoms with Gasteiger partial charge in [-0.25, -0.2) is 4.79 Å². The number of hydrogen-bond donors (Lipinski definition) is 2. The Hall–Kier alpha value is -1.55. The van der Waals surface area contributed by atoms with Crippen LogP contribution in [0.4, 0.5) is 0 Å². The van der Waals surface area contributed by atoms with Crippen molar-refractivity contribution < 1.29 is 4.42 Å². The maximum atomic E-state index is 11.2. The summed E-state index contributed by atoms with van der Waals surface area (Å²) in [7, 11) is 0. The maximum absolute atomic E-state index is 11.2. The van der Waals surface area contributed by atoms with Crippen molar-refractivity contribution in [2.24, 2.45) is 5.92 Å². The van der Waals surface area contributed by atoms with E-state index in [9.17, 15) is 4.79 Å². The van der Waals surface area contributed by atoms with E-state index in [-0.39, 0.29) is 5.76 Å². The van der Waals surface area contributed by atoms with E-state index in [1.54, 1.807) is 0 Å². The van der Waals surface area contributed by atoms with Crippen LogP contribution in [-0.2, 0) is 0 Å². The molecular weight excluding hydrogens is 252 g/mol. The van der Waals surface area contributed by atoms with E-state index in [0.717, 1.165) is 24.4 Å². The fraction of sp³-hybridized carbons (Fsp3) is 0.562. The predicted octanol–water partition coefficient (Wildman–Crippen LogP) is 3.35. The standard InChI is InChI=1S/C16H22N2O2/c1-2-8-17-14(9-11-4-3-5-11)12-6-7-13-15(10-12)20-16(19)18-13/h6-7,10-11,14,17H,2-5,8-9H2,1H3,(H,18,19). The average Bonchev–Trinajstić information content (AvgIpc) is 2.76. The van der Waals surface area contributed by atoms with Gasteiger partial charge in [-0.15, -0.1) is 0 Å². The highest BCUT2D eigenvalue weighted by Crippen LogP contribution is 2.35. The molecule has 0 bridgehead atoms. The highest BCUT2D eigenvalue weighted by atomic mass is 16.4. The topological polar surface area (TPSA) is 58.0 Å². The van der Waals surface area contributed by atoms with Gasteiger partial charge < -0.3 is 9.73 Å². The molecule has 0 radical (unpaired) electrons. The van der Waals surface area contributed by atoms with Crippen molar-refractivity contribution in [2.75, 3.05) is 6.54 Å². The van der Waals surface area contributed by atoms with Gasteiger partial charge in [-0.3, -0.25) is 4.98 Å². The molecule has 1 aromatic heterocycles. The highest BCUT2D eigenvalue weighted by Gasteiger charge is 2.23. The number of benzene rings is 1. The van der Waals surface area contributed by atoms with E-state index in [0.29, 0.717) is 11.6 Å². The Morgan fingerprint density at radius 2 is 2.30 bits per heavy atom. The van der Waals surface area contributed by atoms with Gasteiger partial charge >= 0.3 is 5.76 Å². The van der Waals surface area contributed by atoms with E-state index >= 15 is 0 Å². The molecule has 1 aromatic carbocycles. The number of aromatic amines is 1. The molecule has 20 heavy (non-hydrogen) atoms. The predicted molar refractivity (Wildman–Crippen MR) is 79.8 cm³/mol. The SMILES string of the molecule is CCCNC(CC1CCC1)c1ccc2[nH]c(=O)oc2c1. The van der Waals surface area contributed by atoms with Crippen molar-refractivity contribution in [1.29, 1.82) is 0 Å². The van der Waals surface area contributed by atoms with Crippen LogP contribution in [0.25, 0.3) is 11.1 Å². The minimum Gasteiger partial charge on any atom is -0.408 e. The fourth-order valence-electron chi connectivity index (χ4n) is 2.90. The molecule has 1 heterocycles. The molecule has 108 valence electrons. The normalized spacial score (nSPS) is 17.2. The van der Waals surface area contributed by atoms with Crippen molar-refractivity contribution in [3.05, 3.63) is 34.3 Å².